The summed E-state index contributed by atoms with van der Waals surface area (Å²) in [5, 5.41) is 22.4. The van der Waals surface area contributed by atoms with Crippen LogP contribution in [-0.2, 0) is 11.8 Å². The molecule has 0 aliphatic rings. The van der Waals surface area contributed by atoms with Crippen LogP contribution in [0.3, 0.4) is 0 Å². The van der Waals surface area contributed by atoms with E-state index in [1.165, 1.54) is 10.9 Å². The second kappa shape index (κ2) is 5.10. The molecule has 1 atom stereocenters. The van der Waals surface area contributed by atoms with Gasteiger partial charge in [-0.15, -0.1) is 0 Å². The maximum atomic E-state index is 10.5. The number of carbonyl (C=O) groups is 1. The smallest absolute Gasteiger partial charge is 0.307 e. The van der Waals surface area contributed by atoms with Crippen molar-refractivity contribution in [2.24, 2.45) is 7.05 Å². The third-order valence-corrected chi connectivity index (χ3v) is 3.21. The van der Waals surface area contributed by atoms with Gasteiger partial charge >= 0.3 is 5.97 Å². The monoisotopic (exact) mass is 266 g/mol. The van der Waals surface area contributed by atoms with Crippen molar-refractivity contribution in [3.63, 3.8) is 0 Å². The minimum absolute atomic E-state index is 0.00387. The second-order valence-corrected chi connectivity index (χ2v) is 4.68. The molecule has 2 aromatic rings. The highest BCUT2D eigenvalue weighted by molar-refractivity contribution is 7.47. The van der Waals surface area contributed by atoms with E-state index in [0.717, 1.165) is 0 Å². The van der Waals surface area contributed by atoms with Gasteiger partial charge in [0.1, 0.15) is 5.75 Å². The quantitative estimate of drug-likeness (QED) is 0.754. The Kier molecular flexibility index (Phi) is 3.53. The van der Waals surface area contributed by atoms with Crippen molar-refractivity contribution in [2.75, 3.05) is 6.16 Å². The van der Waals surface area contributed by atoms with E-state index in [4.69, 9.17) is 5.11 Å². The number of aromatic nitrogens is 4. The number of aliphatic carboxylic acids is 1. The van der Waals surface area contributed by atoms with E-state index in [9.17, 15) is 9.90 Å². The van der Waals surface area contributed by atoms with Gasteiger partial charge in [0.05, 0.1) is 17.9 Å². The van der Waals surface area contributed by atoms with Crippen molar-refractivity contribution in [2.45, 2.75) is 0 Å². The zero-order valence-electron chi connectivity index (χ0n) is 9.53. The first-order chi connectivity index (χ1) is 8.58. The molecular weight excluding hydrogens is 255 g/mol. The van der Waals surface area contributed by atoms with Crippen LogP contribution in [0.2, 0.25) is 0 Å². The van der Waals surface area contributed by atoms with Gasteiger partial charge in [-0.1, -0.05) is 0 Å². The lowest BCUT2D eigenvalue weighted by molar-refractivity contribution is -0.133. The van der Waals surface area contributed by atoms with Gasteiger partial charge in [-0.05, 0) is 14.6 Å². The van der Waals surface area contributed by atoms with Crippen LogP contribution in [0.4, 0.5) is 0 Å². The van der Waals surface area contributed by atoms with Gasteiger partial charge in [0, 0.05) is 13.2 Å². The zero-order valence-corrected chi connectivity index (χ0v) is 10.5. The molecule has 8 heteroatoms. The summed E-state index contributed by atoms with van der Waals surface area (Å²) in [5.41, 5.74) is 0.984. The molecule has 2 heterocycles. The summed E-state index contributed by atoms with van der Waals surface area (Å²) < 4.78 is 1.51. The molecule has 2 aromatic heterocycles. The molecule has 0 bridgehead atoms. The maximum Gasteiger partial charge on any atom is 0.307 e. The lowest BCUT2D eigenvalue weighted by Gasteiger charge is -2.01. The molecule has 2 rings (SSSR count). The van der Waals surface area contributed by atoms with Gasteiger partial charge in [0.2, 0.25) is 0 Å². The van der Waals surface area contributed by atoms with E-state index in [0.29, 0.717) is 17.0 Å². The average molecular weight is 266 g/mol. The molecule has 0 saturated heterocycles. The van der Waals surface area contributed by atoms with Crippen LogP contribution in [0.15, 0.2) is 18.5 Å². The first-order valence-corrected chi connectivity index (χ1v) is 6.28. The molecule has 0 amide bonds. The maximum absolute atomic E-state index is 10.5. The highest BCUT2D eigenvalue weighted by Crippen LogP contribution is 2.25. The largest absolute Gasteiger partial charge is 0.506 e. The summed E-state index contributed by atoms with van der Waals surface area (Å²) >= 11 is 0. The number of hydrogen-bond donors (Lipinski definition) is 2. The Balaban J connectivity index is 2.30. The molecule has 0 aromatic carbocycles. The normalized spacial score (nSPS) is 11.2. The molecule has 2 N–H and O–H groups in total. The van der Waals surface area contributed by atoms with Crippen molar-refractivity contribution in [3.05, 3.63) is 18.5 Å². The van der Waals surface area contributed by atoms with Crippen molar-refractivity contribution in [3.8, 4) is 17.1 Å². The lowest BCUT2D eigenvalue weighted by Crippen LogP contribution is -2.07. The van der Waals surface area contributed by atoms with Crippen molar-refractivity contribution >= 4 is 20.1 Å². The number of nitrogens with zero attached hydrogens (tertiary/aromatic N) is 4. The van der Waals surface area contributed by atoms with E-state index in [2.05, 4.69) is 15.1 Å². The third kappa shape index (κ3) is 2.62. The minimum atomic E-state index is -0.880. The molecule has 1 unspecified atom stereocenters. The minimum Gasteiger partial charge on any atom is -0.506 e. The fraction of sp³-hybridized carbons (Fsp3) is 0.200. The van der Waals surface area contributed by atoms with Gasteiger partial charge in [-0.25, -0.2) is 9.67 Å². The number of aryl methyl sites for hydroxylation is 1. The number of hydrogen-bond acceptors (Lipinski definition) is 5. The van der Waals surface area contributed by atoms with Crippen LogP contribution >= 0.6 is 8.58 Å². The standard InChI is InChI=1S/C10H11N4O3P/c1-14-9(6-2-3-11-4-7(6)15)12-10(13-14)18-5-8(16)17/h2-4,15,18H,5H2,1H3,(H,16,17). The predicted octanol–water partition coefficient (Wildman–Crippen LogP) is -0.0289. The number of rotatable bonds is 4. The van der Waals surface area contributed by atoms with Crippen LogP contribution in [0.5, 0.6) is 5.75 Å². The molecule has 7 nitrogen and oxygen atoms in total. The van der Waals surface area contributed by atoms with Gasteiger partial charge in [0.15, 0.2) is 11.4 Å². The molecule has 94 valence electrons. The second-order valence-electron chi connectivity index (χ2n) is 3.52. The summed E-state index contributed by atoms with van der Waals surface area (Å²) in [6.07, 6.45) is 2.87. The highest BCUT2D eigenvalue weighted by atomic mass is 31.1. The topological polar surface area (TPSA) is 101 Å². The molecule has 0 aliphatic carbocycles. The summed E-state index contributed by atoms with van der Waals surface area (Å²) in [6.45, 7) is 0. The van der Waals surface area contributed by atoms with Crippen LogP contribution in [0.25, 0.3) is 11.4 Å². The van der Waals surface area contributed by atoms with Crippen LogP contribution in [-0.4, -0.2) is 42.1 Å². The zero-order chi connectivity index (χ0) is 13.1. The summed E-state index contributed by atoms with van der Waals surface area (Å²) in [6, 6.07) is 1.63. The molecule has 18 heavy (non-hydrogen) atoms. The van der Waals surface area contributed by atoms with E-state index in [-0.39, 0.29) is 20.5 Å². The van der Waals surface area contributed by atoms with Crippen molar-refractivity contribution in [1.29, 1.82) is 0 Å². The fourth-order valence-electron chi connectivity index (χ4n) is 1.42. The first kappa shape index (κ1) is 12.4. The van der Waals surface area contributed by atoms with Crippen molar-refractivity contribution in [1.82, 2.24) is 19.7 Å². The van der Waals surface area contributed by atoms with Gasteiger partial charge in [-0.2, -0.15) is 5.10 Å². The summed E-state index contributed by atoms with van der Waals surface area (Å²) in [4.78, 5) is 18.5. The number of carboxylic acid groups (broad SMARTS) is 1. The number of pyridine rings is 1. The Morgan fingerprint density at radius 1 is 1.56 bits per heavy atom. The van der Waals surface area contributed by atoms with Gasteiger partial charge in [0.25, 0.3) is 0 Å². The van der Waals surface area contributed by atoms with Gasteiger partial charge in [-0.3, -0.25) is 9.78 Å². The Labute approximate surface area is 104 Å². The number of aromatic hydroxyl groups is 1. The Morgan fingerprint density at radius 2 is 2.33 bits per heavy atom. The average Bonchev–Trinajstić information content (AvgIpc) is 2.69. The molecule has 0 radical (unpaired) electrons. The third-order valence-electron chi connectivity index (χ3n) is 2.20. The summed E-state index contributed by atoms with van der Waals surface area (Å²) in [7, 11) is 1.70. The van der Waals surface area contributed by atoms with E-state index < -0.39 is 5.97 Å². The summed E-state index contributed by atoms with van der Waals surface area (Å²) in [5.74, 6) is -0.377. The molecule has 0 saturated carbocycles. The molecule has 0 spiro atoms. The Bertz CT molecular complexity index is 584. The molecule has 0 fully saturated rings. The SMILES string of the molecule is Cn1nc(PCC(=O)O)nc1-c1ccncc1O. The highest BCUT2D eigenvalue weighted by Gasteiger charge is 2.13. The van der Waals surface area contributed by atoms with Gasteiger partial charge < -0.3 is 10.2 Å². The Morgan fingerprint density at radius 3 is 3.00 bits per heavy atom. The number of carboxylic acids is 1. The van der Waals surface area contributed by atoms with Crippen LogP contribution < -0.4 is 5.57 Å². The lowest BCUT2D eigenvalue weighted by atomic mass is 10.2. The van der Waals surface area contributed by atoms with E-state index in [1.54, 1.807) is 19.3 Å². The molecule has 0 aliphatic heterocycles. The van der Waals surface area contributed by atoms with E-state index in [1.807, 2.05) is 0 Å². The van der Waals surface area contributed by atoms with Crippen LogP contribution in [0.1, 0.15) is 0 Å². The van der Waals surface area contributed by atoms with Crippen molar-refractivity contribution < 1.29 is 15.0 Å². The molecular formula is C10H11N4O3P. The van der Waals surface area contributed by atoms with E-state index >= 15 is 0 Å². The fourth-order valence-corrected chi connectivity index (χ4v) is 2.14. The Hall–Kier alpha value is -2.01. The first-order valence-electron chi connectivity index (χ1n) is 5.08. The van der Waals surface area contributed by atoms with Crippen LogP contribution in [0, 0.1) is 0 Å². The predicted molar refractivity (Wildman–Crippen MR) is 66.4 cm³/mol.